The molecule has 156 valence electrons. The molecule has 0 unspecified atom stereocenters. The average Bonchev–Trinajstić information content (AvgIpc) is 3.12. The number of hydrogen-bond donors (Lipinski definition) is 0. The maximum Gasteiger partial charge on any atom is 0.573 e. The number of ether oxygens (including phenoxy) is 1. The highest BCUT2D eigenvalue weighted by Crippen LogP contribution is 2.35. The number of fused-ring (bicyclic) bond motifs is 1. The summed E-state index contributed by atoms with van der Waals surface area (Å²) < 4.78 is 42.7. The van der Waals surface area contributed by atoms with E-state index in [2.05, 4.69) is 20.0 Å². The van der Waals surface area contributed by atoms with E-state index >= 15 is 0 Å². The van der Waals surface area contributed by atoms with Crippen LogP contribution in [0.15, 0.2) is 58.8 Å². The van der Waals surface area contributed by atoms with Crippen molar-refractivity contribution in [1.82, 2.24) is 14.9 Å². The van der Waals surface area contributed by atoms with Crippen LogP contribution in [0, 0.1) is 0 Å². The first-order chi connectivity index (χ1) is 14.1. The summed E-state index contributed by atoms with van der Waals surface area (Å²) in [6.45, 7) is 4.04. The molecule has 0 radical (unpaired) electrons. The van der Waals surface area contributed by atoms with Gasteiger partial charge in [-0.25, -0.2) is 0 Å². The largest absolute Gasteiger partial charge is 0.573 e. The zero-order chi connectivity index (χ0) is 21.5. The summed E-state index contributed by atoms with van der Waals surface area (Å²) in [5.74, 6) is 0.908. The van der Waals surface area contributed by atoms with Crippen molar-refractivity contribution in [3.8, 4) is 5.75 Å². The number of aromatic nitrogens is 3. The molecule has 2 aromatic carbocycles. The van der Waals surface area contributed by atoms with E-state index in [1.54, 1.807) is 16.8 Å². The van der Waals surface area contributed by atoms with Crippen LogP contribution in [0.3, 0.4) is 0 Å². The van der Waals surface area contributed by atoms with Gasteiger partial charge in [0.1, 0.15) is 5.75 Å². The Hall–Kier alpha value is -2.52. The minimum atomic E-state index is -4.72. The minimum absolute atomic E-state index is 0.273. The normalized spacial score (nSPS) is 14.3. The summed E-state index contributed by atoms with van der Waals surface area (Å²) in [5.41, 5.74) is 1.92. The molecule has 0 spiro atoms. The standard InChI is InChI=1S/C20H16ClF3N4OS/c1-19(2,13-5-7-14(21)8-6-13)17-25-26-18-28(17)27-16(11-30-18)12-3-9-15(10-4-12)29-20(22,23)24/h3-10H,11H2,1-2H3. The van der Waals surface area contributed by atoms with E-state index in [-0.39, 0.29) is 5.75 Å². The van der Waals surface area contributed by atoms with Crippen LogP contribution in [0.5, 0.6) is 5.75 Å². The van der Waals surface area contributed by atoms with E-state index in [0.717, 1.165) is 5.56 Å². The third-order valence-electron chi connectivity index (χ3n) is 4.72. The van der Waals surface area contributed by atoms with E-state index in [1.807, 2.05) is 38.1 Å². The Balaban J connectivity index is 1.66. The lowest BCUT2D eigenvalue weighted by molar-refractivity contribution is -0.274. The number of thioether (sulfide) groups is 1. The molecule has 0 aliphatic carbocycles. The van der Waals surface area contributed by atoms with Gasteiger partial charge in [-0.2, -0.15) is 9.78 Å². The van der Waals surface area contributed by atoms with Crippen LogP contribution >= 0.6 is 23.4 Å². The van der Waals surface area contributed by atoms with Gasteiger partial charge in [0.2, 0.25) is 5.16 Å². The van der Waals surface area contributed by atoms with Gasteiger partial charge in [-0.05, 0) is 61.4 Å². The number of halogens is 4. The quantitative estimate of drug-likeness (QED) is 0.523. The van der Waals surface area contributed by atoms with Crippen LogP contribution in [0.1, 0.15) is 30.8 Å². The molecule has 1 aromatic heterocycles. The zero-order valence-corrected chi connectivity index (χ0v) is 17.5. The fraction of sp³-hybridized carbons (Fsp3) is 0.250. The molecule has 4 rings (SSSR count). The highest BCUT2D eigenvalue weighted by Gasteiger charge is 2.33. The van der Waals surface area contributed by atoms with Crippen LogP contribution in [0.4, 0.5) is 13.2 Å². The Bertz CT molecular complexity index is 1090. The molecular weight excluding hydrogens is 437 g/mol. The Morgan fingerprint density at radius 3 is 2.30 bits per heavy atom. The number of alkyl halides is 3. The lowest BCUT2D eigenvalue weighted by Crippen LogP contribution is -2.25. The average molecular weight is 453 g/mol. The molecule has 0 fully saturated rings. The van der Waals surface area contributed by atoms with Gasteiger partial charge in [0.25, 0.3) is 0 Å². The van der Waals surface area contributed by atoms with E-state index in [4.69, 9.17) is 11.6 Å². The summed E-state index contributed by atoms with van der Waals surface area (Å²) >= 11 is 7.47. The molecule has 0 amide bonds. The Labute approximate surface area is 179 Å². The zero-order valence-electron chi connectivity index (χ0n) is 15.9. The second-order valence-electron chi connectivity index (χ2n) is 7.16. The fourth-order valence-corrected chi connectivity index (χ4v) is 4.07. The van der Waals surface area contributed by atoms with Crippen molar-refractivity contribution < 1.29 is 17.9 Å². The van der Waals surface area contributed by atoms with Crippen LogP contribution in [-0.4, -0.2) is 32.7 Å². The monoisotopic (exact) mass is 452 g/mol. The van der Waals surface area contributed by atoms with Crippen LogP contribution in [0.25, 0.3) is 0 Å². The van der Waals surface area contributed by atoms with E-state index in [1.165, 1.54) is 23.9 Å². The third kappa shape index (κ3) is 4.17. The molecular formula is C20H16ClF3N4OS. The van der Waals surface area contributed by atoms with Crippen molar-refractivity contribution in [2.45, 2.75) is 30.8 Å². The van der Waals surface area contributed by atoms with Crippen molar-refractivity contribution >= 4 is 29.1 Å². The predicted molar refractivity (Wildman–Crippen MR) is 109 cm³/mol. The number of benzene rings is 2. The molecule has 0 saturated carbocycles. The van der Waals surface area contributed by atoms with Crippen molar-refractivity contribution in [3.05, 3.63) is 70.5 Å². The molecule has 0 saturated heterocycles. The summed E-state index contributed by atoms with van der Waals surface area (Å²) in [4.78, 5) is 0. The van der Waals surface area contributed by atoms with Gasteiger partial charge < -0.3 is 4.74 Å². The van der Waals surface area contributed by atoms with Crippen LogP contribution in [-0.2, 0) is 5.41 Å². The summed E-state index contributed by atoms with van der Waals surface area (Å²) in [6.07, 6.45) is -4.72. The molecule has 0 bridgehead atoms. The molecule has 30 heavy (non-hydrogen) atoms. The van der Waals surface area contributed by atoms with E-state index < -0.39 is 11.8 Å². The number of rotatable bonds is 4. The number of hydrogen-bond acceptors (Lipinski definition) is 5. The topological polar surface area (TPSA) is 52.3 Å². The Kier molecular flexibility index (Phi) is 5.27. The lowest BCUT2D eigenvalue weighted by atomic mass is 9.84. The second kappa shape index (κ2) is 7.63. The van der Waals surface area contributed by atoms with Crippen molar-refractivity contribution in [1.29, 1.82) is 0 Å². The molecule has 5 nitrogen and oxygen atoms in total. The molecule has 0 N–H and O–H groups in total. The van der Waals surface area contributed by atoms with Gasteiger partial charge in [-0.1, -0.05) is 35.5 Å². The van der Waals surface area contributed by atoms with Crippen LogP contribution < -0.4 is 4.74 Å². The van der Waals surface area contributed by atoms with Crippen LogP contribution in [0.2, 0.25) is 5.02 Å². The molecule has 3 aromatic rings. The highest BCUT2D eigenvalue weighted by molar-refractivity contribution is 7.99. The lowest BCUT2D eigenvalue weighted by Gasteiger charge is -2.25. The first kappa shape index (κ1) is 20.7. The first-order valence-corrected chi connectivity index (χ1v) is 10.3. The predicted octanol–water partition coefficient (Wildman–Crippen LogP) is 5.51. The smallest absolute Gasteiger partial charge is 0.406 e. The fourth-order valence-electron chi connectivity index (χ4n) is 3.10. The molecule has 10 heteroatoms. The Morgan fingerprint density at radius 1 is 1.00 bits per heavy atom. The van der Waals surface area contributed by atoms with Crippen molar-refractivity contribution in [2.75, 3.05) is 5.75 Å². The van der Waals surface area contributed by atoms with Gasteiger partial charge in [0, 0.05) is 10.8 Å². The maximum atomic E-state index is 12.4. The van der Waals surface area contributed by atoms with Gasteiger partial charge in [0.15, 0.2) is 5.82 Å². The van der Waals surface area contributed by atoms with E-state index in [9.17, 15) is 13.2 Å². The first-order valence-electron chi connectivity index (χ1n) is 8.92. The maximum absolute atomic E-state index is 12.4. The van der Waals surface area contributed by atoms with Crippen molar-refractivity contribution in [2.24, 2.45) is 5.10 Å². The second-order valence-corrected chi connectivity index (χ2v) is 8.54. The third-order valence-corrected chi connectivity index (χ3v) is 5.90. The number of nitrogens with zero attached hydrogens (tertiary/aromatic N) is 4. The van der Waals surface area contributed by atoms with Gasteiger partial charge >= 0.3 is 6.36 Å². The van der Waals surface area contributed by atoms with Crippen molar-refractivity contribution in [3.63, 3.8) is 0 Å². The summed E-state index contributed by atoms with van der Waals surface area (Å²) in [6, 6.07) is 13.2. The minimum Gasteiger partial charge on any atom is -0.406 e. The summed E-state index contributed by atoms with van der Waals surface area (Å²) in [7, 11) is 0. The highest BCUT2D eigenvalue weighted by atomic mass is 35.5. The molecule has 0 atom stereocenters. The molecule has 2 heterocycles. The summed E-state index contributed by atoms with van der Waals surface area (Å²) in [5, 5.41) is 14.6. The molecule has 1 aliphatic heterocycles. The SMILES string of the molecule is CC(C)(c1ccc(Cl)cc1)c1nnc2n1N=C(c1ccc(OC(F)(F)F)cc1)CS2. The Morgan fingerprint density at radius 2 is 1.67 bits per heavy atom. The molecule has 1 aliphatic rings. The van der Waals surface area contributed by atoms with Gasteiger partial charge in [-0.15, -0.1) is 23.4 Å². The van der Waals surface area contributed by atoms with Gasteiger partial charge in [-0.3, -0.25) is 0 Å². The van der Waals surface area contributed by atoms with E-state index in [0.29, 0.717) is 33.0 Å². The van der Waals surface area contributed by atoms with Gasteiger partial charge in [0.05, 0.1) is 11.1 Å².